The molecule has 0 fully saturated rings. The Bertz CT molecular complexity index is 1020. The standard InChI is InChI=1S/C22H21ClN2O3/c1-15-4-8-22(18(23)12-15)28-14-17-13-16(6-9-21(17)27-3)5-7-20(26)19-10-11-24-25(19)2/h4-13H,14H2,1-3H3/b7-5+. The van der Waals surface area contributed by atoms with Crippen molar-refractivity contribution in [2.75, 3.05) is 7.11 Å². The number of ether oxygens (including phenoxy) is 2. The van der Waals surface area contributed by atoms with Crippen LogP contribution in [0.1, 0.15) is 27.2 Å². The quantitative estimate of drug-likeness (QED) is 0.422. The molecule has 0 bridgehead atoms. The molecule has 0 aliphatic rings. The molecule has 0 N–H and O–H groups in total. The first-order chi connectivity index (χ1) is 13.5. The molecular formula is C22H21ClN2O3. The lowest BCUT2D eigenvalue weighted by Crippen LogP contribution is -2.03. The van der Waals surface area contributed by atoms with Crippen molar-refractivity contribution in [2.24, 2.45) is 7.05 Å². The van der Waals surface area contributed by atoms with Gasteiger partial charge in [0, 0.05) is 18.8 Å². The Balaban J connectivity index is 1.77. The number of hydrogen-bond acceptors (Lipinski definition) is 4. The van der Waals surface area contributed by atoms with Crippen LogP contribution >= 0.6 is 11.6 Å². The molecule has 0 aliphatic carbocycles. The van der Waals surface area contributed by atoms with Gasteiger partial charge < -0.3 is 9.47 Å². The number of benzene rings is 2. The van der Waals surface area contributed by atoms with Gasteiger partial charge in [-0.2, -0.15) is 5.10 Å². The highest BCUT2D eigenvalue weighted by atomic mass is 35.5. The van der Waals surface area contributed by atoms with Gasteiger partial charge in [0.05, 0.1) is 12.1 Å². The molecule has 1 heterocycles. The Labute approximate surface area is 169 Å². The van der Waals surface area contributed by atoms with Gasteiger partial charge in [0.25, 0.3) is 0 Å². The number of carbonyl (C=O) groups excluding carboxylic acids is 1. The topological polar surface area (TPSA) is 53.3 Å². The molecule has 0 saturated carbocycles. The van der Waals surface area contributed by atoms with E-state index < -0.39 is 0 Å². The Morgan fingerprint density at radius 2 is 1.96 bits per heavy atom. The van der Waals surface area contributed by atoms with Crippen LogP contribution in [0.2, 0.25) is 5.02 Å². The molecule has 0 unspecified atom stereocenters. The molecule has 28 heavy (non-hydrogen) atoms. The van der Waals surface area contributed by atoms with Crippen molar-refractivity contribution < 1.29 is 14.3 Å². The van der Waals surface area contributed by atoms with E-state index in [2.05, 4.69) is 5.10 Å². The smallest absolute Gasteiger partial charge is 0.203 e. The number of rotatable bonds is 7. The third kappa shape index (κ3) is 4.61. The number of carbonyl (C=O) groups is 1. The molecular weight excluding hydrogens is 376 g/mol. The van der Waals surface area contributed by atoms with Crippen molar-refractivity contribution in [3.8, 4) is 11.5 Å². The summed E-state index contributed by atoms with van der Waals surface area (Å²) in [6.07, 6.45) is 4.89. The second-order valence-electron chi connectivity index (χ2n) is 6.33. The van der Waals surface area contributed by atoms with Crippen LogP contribution in [0.4, 0.5) is 0 Å². The van der Waals surface area contributed by atoms with E-state index in [0.29, 0.717) is 28.8 Å². The normalized spacial score (nSPS) is 11.0. The molecule has 0 amide bonds. The van der Waals surface area contributed by atoms with Gasteiger partial charge in [0.2, 0.25) is 5.78 Å². The van der Waals surface area contributed by atoms with E-state index in [9.17, 15) is 4.79 Å². The zero-order valence-electron chi connectivity index (χ0n) is 16.0. The van der Waals surface area contributed by atoms with E-state index in [1.807, 2.05) is 43.3 Å². The lowest BCUT2D eigenvalue weighted by atomic mass is 10.1. The summed E-state index contributed by atoms with van der Waals surface area (Å²) in [4.78, 5) is 12.3. The van der Waals surface area contributed by atoms with Crippen molar-refractivity contribution in [1.82, 2.24) is 9.78 Å². The summed E-state index contributed by atoms with van der Waals surface area (Å²) in [7, 11) is 3.35. The summed E-state index contributed by atoms with van der Waals surface area (Å²) >= 11 is 6.23. The van der Waals surface area contributed by atoms with Crippen molar-refractivity contribution >= 4 is 23.5 Å². The van der Waals surface area contributed by atoms with Crippen molar-refractivity contribution in [2.45, 2.75) is 13.5 Å². The third-order valence-corrected chi connectivity index (χ3v) is 4.57. The summed E-state index contributed by atoms with van der Waals surface area (Å²) in [6.45, 7) is 2.27. The highest BCUT2D eigenvalue weighted by Crippen LogP contribution is 2.28. The molecule has 0 radical (unpaired) electrons. The van der Waals surface area contributed by atoms with Gasteiger partial charge in [-0.15, -0.1) is 0 Å². The third-order valence-electron chi connectivity index (χ3n) is 4.28. The minimum Gasteiger partial charge on any atom is -0.496 e. The fourth-order valence-electron chi connectivity index (χ4n) is 2.77. The lowest BCUT2D eigenvalue weighted by Gasteiger charge is -2.12. The summed E-state index contributed by atoms with van der Waals surface area (Å²) in [5, 5.41) is 4.58. The molecule has 2 aromatic carbocycles. The number of ketones is 1. The van der Waals surface area contributed by atoms with Crippen LogP contribution in [0.15, 0.2) is 54.7 Å². The van der Waals surface area contributed by atoms with Gasteiger partial charge in [-0.1, -0.05) is 29.8 Å². The number of allylic oxidation sites excluding steroid dienone is 1. The Hall–Kier alpha value is -3.05. The fourth-order valence-corrected chi connectivity index (χ4v) is 3.06. The van der Waals surface area contributed by atoms with E-state index in [4.69, 9.17) is 21.1 Å². The second kappa shape index (κ2) is 8.76. The van der Waals surface area contributed by atoms with Gasteiger partial charge in [0.15, 0.2) is 0 Å². The number of methoxy groups -OCH3 is 1. The predicted octanol–water partition coefficient (Wildman–Crippen LogP) is 4.87. The summed E-state index contributed by atoms with van der Waals surface area (Å²) < 4.78 is 12.8. The number of aryl methyl sites for hydroxylation is 2. The zero-order chi connectivity index (χ0) is 20.1. The van der Waals surface area contributed by atoms with E-state index in [1.165, 1.54) is 6.08 Å². The molecule has 3 aromatic rings. The number of hydrogen-bond donors (Lipinski definition) is 0. The van der Waals surface area contributed by atoms with E-state index in [1.54, 1.807) is 37.2 Å². The number of nitrogens with zero attached hydrogens (tertiary/aromatic N) is 2. The Morgan fingerprint density at radius 3 is 2.64 bits per heavy atom. The average molecular weight is 397 g/mol. The van der Waals surface area contributed by atoms with Crippen LogP contribution in [-0.4, -0.2) is 22.7 Å². The monoisotopic (exact) mass is 396 g/mol. The van der Waals surface area contributed by atoms with Crippen LogP contribution in [0.5, 0.6) is 11.5 Å². The highest BCUT2D eigenvalue weighted by Gasteiger charge is 2.09. The Kier molecular flexibility index (Phi) is 6.16. The van der Waals surface area contributed by atoms with Crippen LogP contribution in [0, 0.1) is 6.92 Å². The zero-order valence-corrected chi connectivity index (χ0v) is 16.7. The van der Waals surface area contributed by atoms with Crippen LogP contribution in [0.3, 0.4) is 0 Å². The van der Waals surface area contributed by atoms with E-state index in [-0.39, 0.29) is 5.78 Å². The first kappa shape index (κ1) is 19.7. The SMILES string of the molecule is COc1ccc(/C=C/C(=O)c2ccnn2C)cc1COc1ccc(C)cc1Cl. The molecule has 0 atom stereocenters. The summed E-state index contributed by atoms with van der Waals surface area (Å²) in [5.74, 6) is 1.21. The van der Waals surface area contributed by atoms with Crippen molar-refractivity contribution in [3.63, 3.8) is 0 Å². The summed E-state index contributed by atoms with van der Waals surface area (Å²) in [6, 6.07) is 13.0. The molecule has 5 nitrogen and oxygen atoms in total. The number of halogens is 1. The van der Waals surface area contributed by atoms with Crippen LogP contribution < -0.4 is 9.47 Å². The maximum atomic E-state index is 12.3. The molecule has 1 aromatic heterocycles. The average Bonchev–Trinajstić information content (AvgIpc) is 3.11. The highest BCUT2D eigenvalue weighted by molar-refractivity contribution is 6.32. The Morgan fingerprint density at radius 1 is 1.18 bits per heavy atom. The van der Waals surface area contributed by atoms with Gasteiger partial charge in [-0.25, -0.2) is 0 Å². The van der Waals surface area contributed by atoms with Crippen molar-refractivity contribution in [1.29, 1.82) is 0 Å². The fraction of sp³-hybridized carbons (Fsp3) is 0.182. The molecule has 3 rings (SSSR count). The molecule has 0 aliphatic heterocycles. The predicted molar refractivity (Wildman–Crippen MR) is 110 cm³/mol. The van der Waals surface area contributed by atoms with Gasteiger partial charge in [-0.05, 0) is 54.5 Å². The molecule has 0 saturated heterocycles. The minimum absolute atomic E-state index is 0.111. The lowest BCUT2D eigenvalue weighted by molar-refractivity contribution is 0.103. The second-order valence-corrected chi connectivity index (χ2v) is 6.74. The summed E-state index contributed by atoms with van der Waals surface area (Å²) in [5.41, 5.74) is 3.32. The maximum absolute atomic E-state index is 12.3. The van der Waals surface area contributed by atoms with Crippen molar-refractivity contribution in [3.05, 3.63) is 82.1 Å². The maximum Gasteiger partial charge on any atom is 0.203 e. The number of aromatic nitrogens is 2. The largest absolute Gasteiger partial charge is 0.496 e. The first-order valence-electron chi connectivity index (χ1n) is 8.74. The van der Waals surface area contributed by atoms with Gasteiger partial charge in [0.1, 0.15) is 23.8 Å². The molecule has 0 spiro atoms. The molecule has 144 valence electrons. The van der Waals surface area contributed by atoms with Gasteiger partial charge >= 0.3 is 0 Å². The van der Waals surface area contributed by atoms with E-state index in [0.717, 1.165) is 16.7 Å². The van der Waals surface area contributed by atoms with Crippen LogP contribution in [-0.2, 0) is 13.7 Å². The van der Waals surface area contributed by atoms with Crippen LogP contribution in [0.25, 0.3) is 6.08 Å². The minimum atomic E-state index is -0.111. The van der Waals surface area contributed by atoms with E-state index >= 15 is 0 Å². The first-order valence-corrected chi connectivity index (χ1v) is 9.12. The molecule has 6 heteroatoms. The van der Waals surface area contributed by atoms with Gasteiger partial charge in [-0.3, -0.25) is 9.48 Å².